The fourth-order valence-corrected chi connectivity index (χ4v) is 1.75. The molecule has 0 radical (unpaired) electrons. The van der Waals surface area contributed by atoms with Crippen molar-refractivity contribution in [2.45, 2.75) is 6.54 Å². The van der Waals surface area contributed by atoms with Gasteiger partial charge in [0, 0.05) is 26.3 Å². The van der Waals surface area contributed by atoms with Crippen LogP contribution in [0.2, 0.25) is 0 Å². The Hall–Kier alpha value is -3.02. The average Bonchev–Trinajstić information content (AvgIpc) is 2.55. The molecule has 0 saturated heterocycles. The summed E-state index contributed by atoms with van der Waals surface area (Å²) in [6.45, 7) is 0.399. The summed E-state index contributed by atoms with van der Waals surface area (Å²) in [5.41, 5.74) is 1.62. The number of ether oxygens (including phenoxy) is 1. The van der Waals surface area contributed by atoms with Crippen LogP contribution in [0, 0.1) is 0 Å². The monoisotopic (exact) mass is 313 g/mol. The first-order valence-corrected chi connectivity index (χ1v) is 7.12. The molecule has 0 aliphatic heterocycles. The van der Waals surface area contributed by atoms with Crippen molar-refractivity contribution in [2.24, 2.45) is 0 Å². The fraction of sp³-hybridized carbons (Fsp3) is 0.176. The van der Waals surface area contributed by atoms with Crippen molar-refractivity contribution >= 4 is 17.8 Å². The maximum absolute atomic E-state index is 11.7. The topological polar surface area (TPSA) is 70.7 Å². The second-order valence-electron chi connectivity index (χ2n) is 5.08. The van der Waals surface area contributed by atoms with Crippen LogP contribution in [0.4, 0.5) is 15.3 Å². The number of hydrogen-bond acceptors (Lipinski definition) is 3. The Balaban J connectivity index is 1.83. The maximum Gasteiger partial charge on any atom is 0.412 e. The molecule has 2 aromatic rings. The van der Waals surface area contributed by atoms with Crippen molar-refractivity contribution in [3.05, 3.63) is 60.2 Å². The van der Waals surface area contributed by atoms with Gasteiger partial charge in [-0.15, -0.1) is 0 Å². The molecular weight excluding hydrogens is 294 g/mol. The zero-order chi connectivity index (χ0) is 16.7. The second kappa shape index (κ2) is 7.84. The minimum absolute atomic E-state index is 0.223. The van der Waals surface area contributed by atoms with E-state index in [2.05, 4.69) is 10.6 Å². The molecule has 0 aromatic heterocycles. The highest BCUT2D eigenvalue weighted by molar-refractivity contribution is 5.89. The van der Waals surface area contributed by atoms with Gasteiger partial charge < -0.3 is 20.3 Å². The van der Waals surface area contributed by atoms with Crippen LogP contribution in [-0.2, 0) is 6.54 Å². The van der Waals surface area contributed by atoms with E-state index in [0.29, 0.717) is 18.0 Å². The smallest absolute Gasteiger partial charge is 0.410 e. The number of carbonyl (C=O) groups is 2. The van der Waals surface area contributed by atoms with Gasteiger partial charge in [-0.1, -0.05) is 30.3 Å². The molecule has 2 rings (SSSR count). The lowest BCUT2D eigenvalue weighted by Crippen LogP contribution is -2.27. The number of nitrogens with one attached hydrogen (secondary N) is 2. The van der Waals surface area contributed by atoms with Gasteiger partial charge in [-0.05, 0) is 29.8 Å². The van der Waals surface area contributed by atoms with Crippen molar-refractivity contribution in [3.63, 3.8) is 0 Å². The Morgan fingerprint density at radius 3 is 2.26 bits per heavy atom. The highest BCUT2D eigenvalue weighted by Crippen LogP contribution is 2.16. The van der Waals surface area contributed by atoms with Gasteiger partial charge in [0.2, 0.25) is 0 Å². The number of carbonyl (C=O) groups excluding carboxylic acids is 2. The minimum atomic E-state index is -0.529. The molecule has 0 aliphatic rings. The van der Waals surface area contributed by atoms with Gasteiger partial charge >= 0.3 is 12.1 Å². The van der Waals surface area contributed by atoms with Gasteiger partial charge in [0.1, 0.15) is 5.75 Å². The van der Waals surface area contributed by atoms with Gasteiger partial charge in [0.05, 0.1) is 0 Å². The van der Waals surface area contributed by atoms with Crippen LogP contribution < -0.4 is 15.4 Å². The number of nitrogens with zero attached hydrogens (tertiary/aromatic N) is 1. The molecule has 2 N–H and O–H groups in total. The number of anilines is 1. The van der Waals surface area contributed by atoms with Crippen LogP contribution in [0.3, 0.4) is 0 Å². The summed E-state index contributed by atoms with van der Waals surface area (Å²) in [6, 6.07) is 15.9. The first-order valence-electron chi connectivity index (χ1n) is 7.12. The summed E-state index contributed by atoms with van der Waals surface area (Å²) >= 11 is 0. The summed E-state index contributed by atoms with van der Waals surface area (Å²) in [4.78, 5) is 24.7. The van der Waals surface area contributed by atoms with E-state index in [4.69, 9.17) is 4.74 Å². The Labute approximate surface area is 135 Å². The second-order valence-corrected chi connectivity index (χ2v) is 5.08. The number of rotatable bonds is 4. The van der Waals surface area contributed by atoms with E-state index >= 15 is 0 Å². The molecule has 0 aliphatic carbocycles. The molecule has 0 unspecified atom stereocenters. The standard InChI is InChI=1S/C17H19N3O3/c1-20(2)16(21)19-14-8-10-15(11-9-14)23-17(22)18-12-13-6-4-3-5-7-13/h3-11H,12H2,1-2H3,(H,18,22)(H,19,21). The van der Waals surface area contributed by atoms with Crippen molar-refractivity contribution in [2.75, 3.05) is 19.4 Å². The number of benzene rings is 2. The van der Waals surface area contributed by atoms with E-state index in [0.717, 1.165) is 5.56 Å². The number of urea groups is 1. The lowest BCUT2D eigenvalue weighted by atomic mass is 10.2. The third kappa shape index (κ3) is 5.35. The summed E-state index contributed by atoms with van der Waals surface area (Å²) in [6.07, 6.45) is -0.529. The minimum Gasteiger partial charge on any atom is -0.410 e. The van der Waals surface area contributed by atoms with Crippen LogP contribution >= 0.6 is 0 Å². The molecule has 23 heavy (non-hydrogen) atoms. The zero-order valence-corrected chi connectivity index (χ0v) is 13.1. The van der Waals surface area contributed by atoms with Crippen LogP contribution in [0.1, 0.15) is 5.56 Å². The van der Waals surface area contributed by atoms with Crippen LogP contribution in [0.15, 0.2) is 54.6 Å². The lowest BCUT2D eigenvalue weighted by molar-refractivity contribution is 0.200. The van der Waals surface area contributed by atoms with Gasteiger partial charge in [0.25, 0.3) is 0 Å². The molecule has 120 valence electrons. The van der Waals surface area contributed by atoms with Crippen molar-refractivity contribution < 1.29 is 14.3 Å². The molecule has 3 amide bonds. The molecule has 0 bridgehead atoms. The molecule has 6 heteroatoms. The largest absolute Gasteiger partial charge is 0.412 e. The third-order valence-corrected chi connectivity index (χ3v) is 3.00. The van der Waals surface area contributed by atoms with Gasteiger partial charge in [-0.3, -0.25) is 0 Å². The number of amides is 3. The first kappa shape index (κ1) is 16.4. The lowest BCUT2D eigenvalue weighted by Gasteiger charge is -2.12. The van der Waals surface area contributed by atoms with E-state index in [1.807, 2.05) is 30.3 Å². The third-order valence-electron chi connectivity index (χ3n) is 3.00. The predicted molar refractivity (Wildman–Crippen MR) is 88.5 cm³/mol. The summed E-state index contributed by atoms with van der Waals surface area (Å²) in [5.74, 6) is 0.401. The van der Waals surface area contributed by atoms with Crippen molar-refractivity contribution in [1.29, 1.82) is 0 Å². The average molecular weight is 313 g/mol. The van der Waals surface area contributed by atoms with Crippen molar-refractivity contribution in [1.82, 2.24) is 10.2 Å². The Kier molecular flexibility index (Phi) is 5.57. The molecule has 0 atom stereocenters. The molecule has 2 aromatic carbocycles. The fourth-order valence-electron chi connectivity index (χ4n) is 1.75. The van der Waals surface area contributed by atoms with Crippen molar-refractivity contribution in [3.8, 4) is 5.75 Å². The van der Waals surface area contributed by atoms with Gasteiger partial charge in [-0.2, -0.15) is 0 Å². The Morgan fingerprint density at radius 2 is 1.65 bits per heavy atom. The molecule has 0 fully saturated rings. The van der Waals surface area contributed by atoms with Crippen LogP contribution in [0.25, 0.3) is 0 Å². The normalized spacial score (nSPS) is 9.83. The highest BCUT2D eigenvalue weighted by Gasteiger charge is 2.06. The van der Waals surface area contributed by atoms with Gasteiger partial charge in [0.15, 0.2) is 0 Å². The summed E-state index contributed by atoms with van der Waals surface area (Å²) in [5, 5.41) is 5.37. The molecule has 6 nitrogen and oxygen atoms in total. The maximum atomic E-state index is 11.7. The van der Waals surface area contributed by atoms with E-state index in [1.165, 1.54) is 4.90 Å². The van der Waals surface area contributed by atoms with E-state index < -0.39 is 6.09 Å². The number of hydrogen-bond donors (Lipinski definition) is 2. The SMILES string of the molecule is CN(C)C(=O)Nc1ccc(OC(=O)NCc2ccccc2)cc1. The Bertz CT molecular complexity index is 655. The Morgan fingerprint density at radius 1 is 1.00 bits per heavy atom. The van der Waals surface area contributed by atoms with Crippen LogP contribution in [0.5, 0.6) is 5.75 Å². The summed E-state index contributed by atoms with van der Waals surface area (Å²) < 4.78 is 5.17. The predicted octanol–water partition coefficient (Wildman–Crippen LogP) is 3.07. The quantitative estimate of drug-likeness (QED) is 0.911. The molecular formula is C17H19N3O3. The van der Waals surface area contributed by atoms with Crippen LogP contribution in [-0.4, -0.2) is 31.1 Å². The van der Waals surface area contributed by atoms with E-state index in [9.17, 15) is 9.59 Å². The first-order chi connectivity index (χ1) is 11.0. The van der Waals surface area contributed by atoms with E-state index in [1.54, 1.807) is 38.4 Å². The zero-order valence-electron chi connectivity index (χ0n) is 13.1. The molecule has 0 spiro atoms. The molecule has 0 heterocycles. The molecule has 0 saturated carbocycles. The highest BCUT2D eigenvalue weighted by atomic mass is 16.6. The van der Waals surface area contributed by atoms with E-state index in [-0.39, 0.29) is 6.03 Å². The summed E-state index contributed by atoms with van der Waals surface area (Å²) in [7, 11) is 3.31. The van der Waals surface area contributed by atoms with Gasteiger partial charge in [-0.25, -0.2) is 9.59 Å².